The summed E-state index contributed by atoms with van der Waals surface area (Å²) in [5.74, 6) is -5.64. The Morgan fingerprint density at radius 2 is 1.75 bits per heavy atom. The molecule has 0 aliphatic rings. The zero-order chi connectivity index (χ0) is 20.7. The molecule has 0 fully saturated rings. The molecule has 0 spiro atoms. The lowest BCUT2D eigenvalue weighted by Crippen LogP contribution is -2.41. The fraction of sp³-hybridized carbons (Fsp3) is 0.263. The monoisotopic (exact) mass is 413 g/mol. The van der Waals surface area contributed by atoms with E-state index in [9.17, 15) is 22.8 Å². The Balaban J connectivity index is 1.99. The summed E-state index contributed by atoms with van der Waals surface area (Å²) < 4.78 is 39.9. The van der Waals surface area contributed by atoms with Gasteiger partial charge >= 0.3 is 0 Å². The molecule has 0 heterocycles. The van der Waals surface area contributed by atoms with Gasteiger partial charge in [0.05, 0.1) is 29.5 Å². The Bertz CT molecular complexity index is 864. The molecule has 0 radical (unpaired) electrons. The van der Waals surface area contributed by atoms with Gasteiger partial charge in [-0.25, -0.2) is 13.2 Å². The van der Waals surface area contributed by atoms with E-state index in [0.717, 1.165) is 6.07 Å². The van der Waals surface area contributed by atoms with E-state index in [1.54, 1.807) is 24.3 Å². The standard InChI is InChI=1S/C19H19ClF3N3O2/c1-2-9-26(17(28)10-24-14-6-4-3-5-12(14)20)11-16(27)25-15-8-7-13(21)18(22)19(15)23/h3-8,24H,2,9-11H2,1H3,(H,25,27). The first-order valence-corrected chi connectivity index (χ1v) is 8.90. The lowest BCUT2D eigenvalue weighted by Gasteiger charge is -2.22. The van der Waals surface area contributed by atoms with Crippen molar-refractivity contribution in [3.8, 4) is 0 Å². The number of nitrogens with one attached hydrogen (secondary N) is 2. The number of nitrogens with zero attached hydrogens (tertiary/aromatic N) is 1. The van der Waals surface area contributed by atoms with Gasteiger partial charge in [-0.1, -0.05) is 30.7 Å². The second kappa shape index (κ2) is 9.98. The molecule has 9 heteroatoms. The summed E-state index contributed by atoms with van der Waals surface area (Å²) in [5, 5.41) is 5.49. The third-order valence-corrected chi connectivity index (χ3v) is 4.12. The molecular formula is C19H19ClF3N3O2. The van der Waals surface area contributed by atoms with Crippen LogP contribution in [0.15, 0.2) is 36.4 Å². The van der Waals surface area contributed by atoms with Crippen molar-refractivity contribution < 1.29 is 22.8 Å². The maximum absolute atomic E-state index is 13.7. The first-order valence-electron chi connectivity index (χ1n) is 8.53. The molecule has 2 rings (SSSR count). The van der Waals surface area contributed by atoms with Crippen molar-refractivity contribution in [2.45, 2.75) is 13.3 Å². The molecule has 0 bridgehead atoms. The quantitative estimate of drug-likeness (QED) is 0.642. The van der Waals surface area contributed by atoms with E-state index in [-0.39, 0.29) is 25.5 Å². The SMILES string of the molecule is CCCN(CC(=O)Nc1ccc(F)c(F)c1F)C(=O)CNc1ccccc1Cl. The number of carbonyl (C=O) groups excluding carboxylic acids is 2. The third kappa shape index (κ3) is 5.63. The summed E-state index contributed by atoms with van der Waals surface area (Å²) in [7, 11) is 0. The minimum atomic E-state index is -1.68. The number of hydrogen-bond acceptors (Lipinski definition) is 3. The largest absolute Gasteiger partial charge is 0.375 e. The summed E-state index contributed by atoms with van der Waals surface area (Å²) in [5.41, 5.74) is 0.0734. The summed E-state index contributed by atoms with van der Waals surface area (Å²) >= 11 is 6.02. The van der Waals surface area contributed by atoms with Gasteiger partial charge in [0.15, 0.2) is 17.5 Å². The molecule has 0 aromatic heterocycles. The van der Waals surface area contributed by atoms with E-state index < -0.39 is 29.0 Å². The highest BCUT2D eigenvalue weighted by Gasteiger charge is 2.19. The molecule has 150 valence electrons. The Hall–Kier alpha value is -2.74. The molecule has 2 aromatic carbocycles. The minimum absolute atomic E-state index is 0.101. The molecular weight excluding hydrogens is 395 g/mol. The van der Waals surface area contributed by atoms with Gasteiger partial charge in [0.2, 0.25) is 11.8 Å². The summed E-state index contributed by atoms with van der Waals surface area (Å²) in [6.07, 6.45) is 0.588. The zero-order valence-electron chi connectivity index (χ0n) is 15.1. The number of halogens is 4. The molecule has 0 aliphatic heterocycles. The van der Waals surface area contributed by atoms with Crippen molar-refractivity contribution in [2.75, 3.05) is 30.3 Å². The Morgan fingerprint density at radius 1 is 1.04 bits per heavy atom. The first-order chi connectivity index (χ1) is 13.3. The van der Waals surface area contributed by atoms with Crippen molar-refractivity contribution >= 4 is 34.8 Å². The Morgan fingerprint density at radius 3 is 2.43 bits per heavy atom. The second-order valence-electron chi connectivity index (χ2n) is 5.92. The first kappa shape index (κ1) is 21.6. The summed E-state index contributed by atoms with van der Waals surface area (Å²) in [4.78, 5) is 25.9. The van der Waals surface area contributed by atoms with Crippen LogP contribution in [0, 0.1) is 17.5 Å². The Kier molecular flexibility index (Phi) is 7.69. The van der Waals surface area contributed by atoms with Crippen LogP contribution in [-0.2, 0) is 9.59 Å². The third-order valence-electron chi connectivity index (χ3n) is 3.79. The summed E-state index contributed by atoms with van der Waals surface area (Å²) in [6, 6.07) is 8.50. The van der Waals surface area contributed by atoms with Crippen LogP contribution in [0.4, 0.5) is 24.5 Å². The van der Waals surface area contributed by atoms with E-state index in [1.165, 1.54) is 4.90 Å². The van der Waals surface area contributed by atoms with Gasteiger partial charge in [-0.15, -0.1) is 0 Å². The van der Waals surface area contributed by atoms with Gasteiger partial charge in [0.1, 0.15) is 0 Å². The van der Waals surface area contributed by atoms with E-state index in [1.807, 2.05) is 6.92 Å². The fourth-order valence-electron chi connectivity index (χ4n) is 2.43. The number of rotatable bonds is 8. The molecule has 2 aromatic rings. The predicted octanol–water partition coefficient (Wildman–Crippen LogP) is 4.05. The lowest BCUT2D eigenvalue weighted by molar-refractivity contribution is -0.133. The van der Waals surface area contributed by atoms with Gasteiger partial charge in [-0.3, -0.25) is 9.59 Å². The number of anilines is 2. The smallest absolute Gasteiger partial charge is 0.244 e. The molecule has 0 aliphatic carbocycles. The predicted molar refractivity (Wildman–Crippen MR) is 102 cm³/mol. The van der Waals surface area contributed by atoms with E-state index in [4.69, 9.17) is 11.6 Å². The van der Waals surface area contributed by atoms with Crippen molar-refractivity contribution in [3.63, 3.8) is 0 Å². The molecule has 5 nitrogen and oxygen atoms in total. The lowest BCUT2D eigenvalue weighted by atomic mass is 10.2. The fourth-order valence-corrected chi connectivity index (χ4v) is 2.64. The second-order valence-corrected chi connectivity index (χ2v) is 6.33. The molecule has 0 saturated heterocycles. The average Bonchev–Trinajstić information content (AvgIpc) is 2.67. The van der Waals surface area contributed by atoms with Crippen LogP contribution in [0.25, 0.3) is 0 Å². The molecule has 2 N–H and O–H groups in total. The highest BCUT2D eigenvalue weighted by atomic mass is 35.5. The van der Waals surface area contributed by atoms with Gasteiger partial charge in [-0.05, 0) is 30.7 Å². The van der Waals surface area contributed by atoms with E-state index >= 15 is 0 Å². The Labute approximate surface area is 165 Å². The van der Waals surface area contributed by atoms with Crippen molar-refractivity contribution in [1.29, 1.82) is 0 Å². The van der Waals surface area contributed by atoms with Crippen LogP contribution < -0.4 is 10.6 Å². The van der Waals surface area contributed by atoms with Crippen LogP contribution in [-0.4, -0.2) is 36.3 Å². The van der Waals surface area contributed by atoms with Crippen LogP contribution in [0.3, 0.4) is 0 Å². The maximum atomic E-state index is 13.7. The molecule has 2 amide bonds. The van der Waals surface area contributed by atoms with Gasteiger partial charge in [0.25, 0.3) is 0 Å². The molecule has 0 unspecified atom stereocenters. The van der Waals surface area contributed by atoms with Crippen LogP contribution in [0.1, 0.15) is 13.3 Å². The topological polar surface area (TPSA) is 61.4 Å². The van der Waals surface area contributed by atoms with Crippen molar-refractivity contribution in [3.05, 3.63) is 58.9 Å². The highest BCUT2D eigenvalue weighted by Crippen LogP contribution is 2.21. The number of amides is 2. The summed E-state index contributed by atoms with van der Waals surface area (Å²) in [6.45, 7) is 1.65. The molecule has 0 atom stereocenters. The average molecular weight is 414 g/mol. The maximum Gasteiger partial charge on any atom is 0.244 e. The normalized spacial score (nSPS) is 10.5. The van der Waals surface area contributed by atoms with Crippen molar-refractivity contribution in [1.82, 2.24) is 4.90 Å². The van der Waals surface area contributed by atoms with Gasteiger partial charge in [-0.2, -0.15) is 0 Å². The highest BCUT2D eigenvalue weighted by molar-refractivity contribution is 6.33. The van der Waals surface area contributed by atoms with Gasteiger partial charge in [0, 0.05) is 6.54 Å². The van der Waals surface area contributed by atoms with E-state index in [2.05, 4.69) is 10.6 Å². The minimum Gasteiger partial charge on any atom is -0.375 e. The number of carbonyl (C=O) groups is 2. The number of benzene rings is 2. The van der Waals surface area contributed by atoms with Crippen LogP contribution >= 0.6 is 11.6 Å². The van der Waals surface area contributed by atoms with E-state index in [0.29, 0.717) is 23.2 Å². The number of para-hydroxylation sites is 1. The van der Waals surface area contributed by atoms with Gasteiger partial charge < -0.3 is 15.5 Å². The number of hydrogen-bond donors (Lipinski definition) is 2. The van der Waals surface area contributed by atoms with Crippen LogP contribution in [0.2, 0.25) is 5.02 Å². The molecule has 28 heavy (non-hydrogen) atoms. The molecule has 0 saturated carbocycles. The van der Waals surface area contributed by atoms with Crippen molar-refractivity contribution in [2.24, 2.45) is 0 Å². The zero-order valence-corrected chi connectivity index (χ0v) is 15.8. The van der Waals surface area contributed by atoms with Crippen LogP contribution in [0.5, 0.6) is 0 Å².